The molecule has 1 saturated heterocycles. The maximum atomic E-state index is 13.3. The van der Waals surface area contributed by atoms with Crippen molar-refractivity contribution >= 4 is 24.2 Å². The van der Waals surface area contributed by atoms with Crippen LogP contribution < -0.4 is 5.73 Å². The van der Waals surface area contributed by atoms with Crippen LogP contribution in [0.15, 0.2) is 24.3 Å². The first-order valence-corrected chi connectivity index (χ1v) is 8.97. The van der Waals surface area contributed by atoms with Crippen LogP contribution in [-0.4, -0.2) is 46.8 Å². The number of carbonyl (C=O) groups excluding carboxylic acids is 2. The third-order valence-electron chi connectivity index (χ3n) is 5.45. The quantitative estimate of drug-likeness (QED) is 0.871. The zero-order chi connectivity index (χ0) is 18.0. The molecule has 1 saturated carbocycles. The Morgan fingerprint density at radius 2 is 2.12 bits per heavy atom. The van der Waals surface area contributed by atoms with Gasteiger partial charge in [-0.3, -0.25) is 9.59 Å². The molecule has 0 aromatic heterocycles. The number of hydrogen-bond donors (Lipinski definition) is 1. The predicted octanol–water partition coefficient (Wildman–Crippen LogP) is 2.33. The standard InChI is InChI=1S/C19H26FN3O2.ClH/c1-19(21)8-3-2-7-16(19)18(25)23-10-9-22(17(24)13-23)12-14-5-4-6-15(20)11-14;/h4-6,11,16H,2-3,7-10,12-13,21H2,1H3;1H. The summed E-state index contributed by atoms with van der Waals surface area (Å²) >= 11 is 0. The second kappa shape index (κ2) is 8.35. The number of hydrogen-bond acceptors (Lipinski definition) is 3. The third kappa shape index (κ3) is 4.54. The van der Waals surface area contributed by atoms with E-state index in [1.165, 1.54) is 12.1 Å². The minimum Gasteiger partial charge on any atom is -0.335 e. The van der Waals surface area contributed by atoms with Gasteiger partial charge < -0.3 is 15.5 Å². The van der Waals surface area contributed by atoms with Crippen LogP contribution in [0.1, 0.15) is 38.2 Å². The summed E-state index contributed by atoms with van der Waals surface area (Å²) in [6.07, 6.45) is 3.70. The first-order chi connectivity index (χ1) is 11.9. The van der Waals surface area contributed by atoms with Crippen molar-refractivity contribution in [3.63, 3.8) is 0 Å². The van der Waals surface area contributed by atoms with Gasteiger partial charge in [-0.05, 0) is 37.5 Å². The molecule has 2 N–H and O–H groups in total. The number of benzene rings is 1. The number of piperazine rings is 1. The van der Waals surface area contributed by atoms with E-state index in [4.69, 9.17) is 5.73 Å². The van der Waals surface area contributed by atoms with Crippen molar-refractivity contribution in [1.29, 1.82) is 0 Å². The van der Waals surface area contributed by atoms with Gasteiger partial charge in [0.05, 0.1) is 12.5 Å². The Labute approximate surface area is 160 Å². The fourth-order valence-corrected chi connectivity index (χ4v) is 3.90. The molecule has 1 aliphatic carbocycles. The van der Waals surface area contributed by atoms with Crippen molar-refractivity contribution in [1.82, 2.24) is 9.80 Å². The summed E-state index contributed by atoms with van der Waals surface area (Å²) in [5, 5.41) is 0. The molecule has 5 nitrogen and oxygen atoms in total. The van der Waals surface area contributed by atoms with Gasteiger partial charge in [0.2, 0.25) is 11.8 Å². The van der Waals surface area contributed by atoms with E-state index in [1.807, 2.05) is 6.92 Å². The van der Waals surface area contributed by atoms with Gasteiger partial charge in [0.25, 0.3) is 0 Å². The number of amides is 2. The van der Waals surface area contributed by atoms with Gasteiger partial charge in [0.1, 0.15) is 5.82 Å². The van der Waals surface area contributed by atoms with Gasteiger partial charge >= 0.3 is 0 Å². The number of carbonyl (C=O) groups is 2. The predicted molar refractivity (Wildman–Crippen MR) is 100 cm³/mol. The highest BCUT2D eigenvalue weighted by Gasteiger charge is 2.41. The van der Waals surface area contributed by atoms with E-state index in [0.717, 1.165) is 31.2 Å². The number of nitrogens with zero attached hydrogens (tertiary/aromatic N) is 2. The van der Waals surface area contributed by atoms with Gasteiger partial charge in [-0.25, -0.2) is 4.39 Å². The van der Waals surface area contributed by atoms with Gasteiger partial charge in [-0.2, -0.15) is 0 Å². The second-order valence-corrected chi connectivity index (χ2v) is 7.51. The molecule has 1 aromatic rings. The molecule has 2 aliphatic rings. The Morgan fingerprint density at radius 3 is 2.77 bits per heavy atom. The zero-order valence-electron chi connectivity index (χ0n) is 15.1. The molecule has 2 amide bonds. The van der Waals surface area contributed by atoms with Crippen LogP contribution in [0, 0.1) is 11.7 Å². The number of halogens is 2. The van der Waals surface area contributed by atoms with E-state index >= 15 is 0 Å². The van der Waals surface area contributed by atoms with E-state index in [-0.39, 0.29) is 42.5 Å². The summed E-state index contributed by atoms with van der Waals surface area (Å²) in [6, 6.07) is 6.26. The molecule has 0 bridgehead atoms. The summed E-state index contributed by atoms with van der Waals surface area (Å²) in [5.74, 6) is -0.607. The van der Waals surface area contributed by atoms with Gasteiger partial charge in [0.15, 0.2) is 0 Å². The lowest BCUT2D eigenvalue weighted by Crippen LogP contribution is -2.58. The average Bonchev–Trinajstić information content (AvgIpc) is 2.56. The van der Waals surface area contributed by atoms with Crippen molar-refractivity contribution in [3.05, 3.63) is 35.6 Å². The van der Waals surface area contributed by atoms with Crippen LogP contribution in [0.5, 0.6) is 0 Å². The minimum atomic E-state index is -0.489. The molecule has 3 rings (SSSR count). The molecule has 2 fully saturated rings. The van der Waals surface area contributed by atoms with E-state index in [2.05, 4.69) is 0 Å². The van der Waals surface area contributed by atoms with Crippen LogP contribution in [0.25, 0.3) is 0 Å². The number of nitrogens with two attached hydrogens (primary N) is 1. The molecule has 2 atom stereocenters. The Kier molecular flexibility index (Phi) is 6.64. The Bertz CT molecular complexity index is 668. The van der Waals surface area contributed by atoms with Crippen LogP contribution in [0.4, 0.5) is 4.39 Å². The zero-order valence-corrected chi connectivity index (χ0v) is 15.9. The molecule has 0 spiro atoms. The highest BCUT2D eigenvalue weighted by atomic mass is 35.5. The topological polar surface area (TPSA) is 66.6 Å². The van der Waals surface area contributed by atoms with Crippen molar-refractivity contribution in [2.24, 2.45) is 11.7 Å². The van der Waals surface area contributed by atoms with Crippen molar-refractivity contribution < 1.29 is 14.0 Å². The molecule has 26 heavy (non-hydrogen) atoms. The highest BCUT2D eigenvalue weighted by Crippen LogP contribution is 2.33. The van der Waals surface area contributed by atoms with E-state index in [1.54, 1.807) is 21.9 Å². The molecule has 144 valence electrons. The summed E-state index contributed by atoms with van der Waals surface area (Å²) in [5.41, 5.74) is 6.60. The van der Waals surface area contributed by atoms with Gasteiger partial charge in [-0.15, -0.1) is 12.4 Å². The fraction of sp³-hybridized carbons (Fsp3) is 0.579. The van der Waals surface area contributed by atoms with Gasteiger partial charge in [-0.1, -0.05) is 25.0 Å². The minimum absolute atomic E-state index is 0. The number of rotatable bonds is 3. The lowest BCUT2D eigenvalue weighted by Gasteiger charge is -2.42. The third-order valence-corrected chi connectivity index (χ3v) is 5.45. The van der Waals surface area contributed by atoms with Crippen LogP contribution in [0.2, 0.25) is 0 Å². The van der Waals surface area contributed by atoms with Gasteiger partial charge in [0, 0.05) is 25.2 Å². The van der Waals surface area contributed by atoms with Crippen molar-refractivity contribution in [2.45, 2.75) is 44.7 Å². The fourth-order valence-electron chi connectivity index (χ4n) is 3.90. The molecule has 1 aliphatic heterocycles. The Hall–Kier alpha value is -1.66. The van der Waals surface area contributed by atoms with E-state index in [0.29, 0.717) is 19.6 Å². The van der Waals surface area contributed by atoms with E-state index in [9.17, 15) is 14.0 Å². The maximum Gasteiger partial charge on any atom is 0.242 e. The SMILES string of the molecule is CC1(N)CCCCC1C(=O)N1CCN(Cc2cccc(F)c2)C(=O)C1.Cl. The molecule has 7 heteroatoms. The molecule has 1 aromatic carbocycles. The summed E-state index contributed by atoms with van der Waals surface area (Å²) in [4.78, 5) is 28.6. The van der Waals surface area contributed by atoms with Crippen LogP contribution >= 0.6 is 12.4 Å². The Morgan fingerprint density at radius 1 is 1.35 bits per heavy atom. The lowest BCUT2D eigenvalue weighted by molar-refractivity contribution is -0.150. The first-order valence-electron chi connectivity index (χ1n) is 8.97. The molecular weight excluding hydrogens is 357 g/mol. The summed E-state index contributed by atoms with van der Waals surface area (Å²) < 4.78 is 13.3. The molecule has 0 radical (unpaired) electrons. The highest BCUT2D eigenvalue weighted by molar-refractivity contribution is 5.87. The largest absolute Gasteiger partial charge is 0.335 e. The normalized spacial score (nSPS) is 26.4. The summed E-state index contributed by atoms with van der Waals surface area (Å²) in [7, 11) is 0. The second-order valence-electron chi connectivity index (χ2n) is 7.51. The van der Waals surface area contributed by atoms with Crippen molar-refractivity contribution in [2.75, 3.05) is 19.6 Å². The van der Waals surface area contributed by atoms with Crippen LogP contribution in [-0.2, 0) is 16.1 Å². The maximum absolute atomic E-state index is 13.3. The van der Waals surface area contributed by atoms with E-state index < -0.39 is 5.54 Å². The Balaban J connectivity index is 0.00000243. The molecule has 2 unspecified atom stereocenters. The smallest absolute Gasteiger partial charge is 0.242 e. The van der Waals surface area contributed by atoms with Crippen molar-refractivity contribution in [3.8, 4) is 0 Å². The molecular formula is C19H27ClFN3O2. The summed E-state index contributed by atoms with van der Waals surface area (Å²) in [6.45, 7) is 3.37. The lowest BCUT2D eigenvalue weighted by atomic mass is 9.74. The monoisotopic (exact) mass is 383 g/mol. The van der Waals surface area contributed by atoms with Crippen LogP contribution in [0.3, 0.4) is 0 Å². The molecule has 1 heterocycles. The average molecular weight is 384 g/mol. The first kappa shape index (κ1) is 20.6.